The van der Waals surface area contributed by atoms with Crippen LogP contribution >= 0.6 is 11.3 Å². The average molecular weight is 603 g/mol. The third-order valence-electron chi connectivity index (χ3n) is 9.93. The minimum atomic E-state index is -1.99. The van der Waals surface area contributed by atoms with Crippen molar-refractivity contribution in [3.63, 3.8) is 0 Å². The number of hydrogen-bond donors (Lipinski definition) is 0. The standard InChI is InChI=1S/C40H34N2SSi/c1-23-7-13-27(14-8-23)41-33-22-32-34(21-31(33)39-37(41)29-17-11-25(3)19-35(29)43-39)42(28-15-9-24(2)10-16-28)38-30-18-12-26(4)20-36(30)44(5,6)40(32)38/h7-22H,1-6H3. The molecular formula is C40H34N2SSi. The Morgan fingerprint density at radius 3 is 1.82 bits per heavy atom. The minimum absolute atomic E-state index is 1.22. The van der Waals surface area contributed by atoms with Crippen molar-refractivity contribution >= 4 is 71.9 Å². The van der Waals surface area contributed by atoms with Crippen LogP contribution in [0.5, 0.6) is 0 Å². The largest absolute Gasteiger partial charge is 0.309 e. The third-order valence-corrected chi connectivity index (χ3v) is 14.6. The Balaban J connectivity index is 1.49. The number of thiophene rings is 1. The lowest BCUT2D eigenvalue weighted by Crippen LogP contribution is -2.49. The highest BCUT2D eigenvalue weighted by atomic mass is 32.1. The summed E-state index contributed by atoms with van der Waals surface area (Å²) in [5.41, 5.74) is 14.4. The van der Waals surface area contributed by atoms with Crippen LogP contribution in [0.4, 0.5) is 0 Å². The summed E-state index contributed by atoms with van der Waals surface area (Å²) in [6, 6.07) is 37.3. The number of hydrogen-bond acceptors (Lipinski definition) is 1. The van der Waals surface area contributed by atoms with E-state index in [1.165, 1.54) is 87.0 Å². The first-order valence-corrected chi connectivity index (χ1v) is 19.3. The van der Waals surface area contributed by atoms with Gasteiger partial charge in [-0.2, -0.15) is 0 Å². The molecule has 2 nitrogen and oxygen atoms in total. The molecule has 0 atom stereocenters. The summed E-state index contributed by atoms with van der Waals surface area (Å²) in [7, 11) is -1.99. The molecule has 0 saturated carbocycles. The van der Waals surface area contributed by atoms with E-state index in [1.807, 2.05) is 11.3 Å². The van der Waals surface area contributed by atoms with Gasteiger partial charge in [0.05, 0.1) is 26.9 Å². The molecule has 3 aromatic heterocycles. The zero-order valence-electron chi connectivity index (χ0n) is 26.0. The van der Waals surface area contributed by atoms with E-state index in [4.69, 9.17) is 0 Å². The summed E-state index contributed by atoms with van der Waals surface area (Å²) < 4.78 is 7.83. The van der Waals surface area contributed by atoms with Gasteiger partial charge in [0.2, 0.25) is 0 Å². The molecular weight excluding hydrogens is 569 g/mol. The van der Waals surface area contributed by atoms with Crippen LogP contribution in [0.3, 0.4) is 0 Å². The molecule has 0 N–H and O–H groups in total. The van der Waals surface area contributed by atoms with E-state index in [0.717, 1.165) is 0 Å². The molecule has 4 heteroatoms. The van der Waals surface area contributed by atoms with Crippen molar-refractivity contribution in [2.75, 3.05) is 0 Å². The van der Waals surface area contributed by atoms with Crippen LogP contribution in [-0.2, 0) is 0 Å². The second-order valence-electron chi connectivity index (χ2n) is 13.4. The Morgan fingerprint density at radius 2 is 1.11 bits per heavy atom. The van der Waals surface area contributed by atoms with Gasteiger partial charge in [-0.1, -0.05) is 84.4 Å². The molecule has 0 radical (unpaired) electrons. The van der Waals surface area contributed by atoms with Crippen LogP contribution in [0.25, 0.3) is 64.7 Å². The van der Waals surface area contributed by atoms with Gasteiger partial charge in [-0.25, -0.2) is 0 Å². The maximum absolute atomic E-state index is 2.58. The topological polar surface area (TPSA) is 9.86 Å². The highest BCUT2D eigenvalue weighted by Crippen LogP contribution is 2.46. The number of rotatable bonds is 2. The van der Waals surface area contributed by atoms with Crippen LogP contribution in [0.2, 0.25) is 13.1 Å². The summed E-state index contributed by atoms with van der Waals surface area (Å²) in [4.78, 5) is 0. The molecule has 0 bridgehead atoms. The number of aromatic nitrogens is 2. The molecule has 0 spiro atoms. The first kappa shape index (κ1) is 26.1. The van der Waals surface area contributed by atoms with Gasteiger partial charge in [0, 0.05) is 32.2 Å². The maximum Gasteiger partial charge on any atom is 0.116 e. The second kappa shape index (κ2) is 8.84. The highest BCUT2D eigenvalue weighted by Gasteiger charge is 2.42. The number of nitrogens with zero attached hydrogens (tertiary/aromatic N) is 2. The molecule has 0 amide bonds. The lowest BCUT2D eigenvalue weighted by molar-refractivity contribution is 1.14. The van der Waals surface area contributed by atoms with Gasteiger partial charge in [-0.05, 0) is 91.7 Å². The zero-order valence-corrected chi connectivity index (χ0v) is 27.9. The first-order valence-electron chi connectivity index (χ1n) is 15.5. The Hall–Kier alpha value is -4.38. The molecule has 0 unspecified atom stereocenters. The monoisotopic (exact) mass is 602 g/mol. The molecule has 1 aliphatic heterocycles. The van der Waals surface area contributed by atoms with Crippen molar-refractivity contribution in [3.05, 3.63) is 119 Å². The van der Waals surface area contributed by atoms with Crippen molar-refractivity contribution < 1.29 is 0 Å². The van der Waals surface area contributed by atoms with Gasteiger partial charge in [0.1, 0.15) is 8.07 Å². The molecule has 44 heavy (non-hydrogen) atoms. The lowest BCUT2D eigenvalue weighted by Gasteiger charge is -2.19. The predicted molar refractivity (Wildman–Crippen MR) is 194 cm³/mol. The predicted octanol–water partition coefficient (Wildman–Crippen LogP) is 9.98. The Labute approximate surface area is 262 Å². The van der Waals surface area contributed by atoms with Crippen molar-refractivity contribution in [1.29, 1.82) is 0 Å². The van der Waals surface area contributed by atoms with E-state index in [0.29, 0.717) is 0 Å². The van der Waals surface area contributed by atoms with Gasteiger partial charge >= 0.3 is 0 Å². The van der Waals surface area contributed by atoms with Crippen LogP contribution in [0.15, 0.2) is 97.1 Å². The van der Waals surface area contributed by atoms with Crippen LogP contribution < -0.4 is 10.4 Å². The minimum Gasteiger partial charge on any atom is -0.309 e. The molecule has 214 valence electrons. The first-order chi connectivity index (χ1) is 21.2. The van der Waals surface area contributed by atoms with Crippen molar-refractivity contribution in [2.45, 2.75) is 40.8 Å². The third kappa shape index (κ3) is 3.41. The summed E-state index contributed by atoms with van der Waals surface area (Å²) in [6.07, 6.45) is 0. The molecule has 0 aliphatic carbocycles. The molecule has 4 heterocycles. The molecule has 9 rings (SSSR count). The number of fused-ring (bicyclic) bond motifs is 10. The summed E-state index contributed by atoms with van der Waals surface area (Å²) in [5, 5.41) is 7.19. The van der Waals surface area contributed by atoms with E-state index < -0.39 is 8.07 Å². The van der Waals surface area contributed by atoms with Crippen LogP contribution in [0.1, 0.15) is 22.3 Å². The lowest BCUT2D eigenvalue weighted by atomic mass is 10.1. The summed E-state index contributed by atoms with van der Waals surface area (Å²) in [6.45, 7) is 13.9. The van der Waals surface area contributed by atoms with E-state index in [2.05, 4.69) is 147 Å². The van der Waals surface area contributed by atoms with Gasteiger partial charge in [-0.3, -0.25) is 0 Å². The van der Waals surface area contributed by atoms with Gasteiger partial charge in [-0.15, -0.1) is 11.3 Å². The Bertz CT molecular complexity index is 2480. The molecule has 1 aliphatic rings. The maximum atomic E-state index is 2.58. The van der Waals surface area contributed by atoms with Gasteiger partial charge in [0.15, 0.2) is 0 Å². The van der Waals surface area contributed by atoms with E-state index >= 15 is 0 Å². The summed E-state index contributed by atoms with van der Waals surface area (Å²) in [5.74, 6) is 0. The van der Waals surface area contributed by atoms with Crippen LogP contribution in [0, 0.1) is 27.7 Å². The molecule has 0 saturated heterocycles. The normalized spacial score (nSPS) is 13.9. The number of benzene rings is 5. The average Bonchev–Trinajstić information content (AvgIpc) is 3.68. The fourth-order valence-corrected chi connectivity index (χ4v) is 12.5. The quantitative estimate of drug-likeness (QED) is 0.174. The van der Waals surface area contributed by atoms with Gasteiger partial charge < -0.3 is 9.13 Å². The van der Waals surface area contributed by atoms with E-state index in [9.17, 15) is 0 Å². The smallest absolute Gasteiger partial charge is 0.116 e. The fourth-order valence-electron chi connectivity index (χ4n) is 7.73. The molecule has 5 aromatic carbocycles. The Kier molecular flexibility index (Phi) is 5.24. The summed E-state index contributed by atoms with van der Waals surface area (Å²) >= 11 is 1.94. The van der Waals surface area contributed by atoms with Crippen LogP contribution in [-0.4, -0.2) is 17.2 Å². The molecule has 0 fully saturated rings. The highest BCUT2D eigenvalue weighted by molar-refractivity contribution is 7.26. The van der Waals surface area contributed by atoms with Crippen molar-refractivity contribution in [2.24, 2.45) is 0 Å². The van der Waals surface area contributed by atoms with Crippen molar-refractivity contribution in [3.8, 4) is 22.6 Å². The molecule has 8 aromatic rings. The van der Waals surface area contributed by atoms with E-state index in [-0.39, 0.29) is 0 Å². The zero-order chi connectivity index (χ0) is 30.1. The SMILES string of the molecule is Cc1ccc(-n2c3c(c4cc5c(cc42)c2sc4cc(C)ccc4c2n5-c2ccc(C)cc2)[Si](C)(C)c2cc(C)ccc2-3)cc1. The number of aryl methyl sites for hydroxylation is 4. The van der Waals surface area contributed by atoms with E-state index in [1.54, 1.807) is 10.4 Å². The second-order valence-corrected chi connectivity index (χ2v) is 18.7. The Morgan fingerprint density at radius 1 is 0.545 bits per heavy atom. The van der Waals surface area contributed by atoms with Crippen molar-refractivity contribution in [1.82, 2.24) is 9.13 Å². The van der Waals surface area contributed by atoms with Gasteiger partial charge in [0.25, 0.3) is 0 Å². The fraction of sp³-hybridized carbons (Fsp3) is 0.150.